The summed E-state index contributed by atoms with van der Waals surface area (Å²) in [5.74, 6) is 0.508. The normalized spacial score (nSPS) is 14.2. The van der Waals surface area contributed by atoms with Gasteiger partial charge in [0.25, 0.3) is 5.91 Å². The summed E-state index contributed by atoms with van der Waals surface area (Å²) in [5.41, 5.74) is 4.55. The summed E-state index contributed by atoms with van der Waals surface area (Å²) in [6.45, 7) is 5.14. The molecule has 5 rings (SSSR count). The lowest BCUT2D eigenvalue weighted by Gasteiger charge is -2.25. The summed E-state index contributed by atoms with van der Waals surface area (Å²) in [5, 5.41) is 12.5. The Morgan fingerprint density at radius 2 is 1.63 bits per heavy atom. The molecule has 1 N–H and O–H groups in total. The Labute approximate surface area is 209 Å². The fraction of sp³-hybridized carbons (Fsp3) is 0.241. The van der Waals surface area contributed by atoms with Gasteiger partial charge in [0.05, 0.1) is 23.4 Å². The predicted molar refractivity (Wildman–Crippen MR) is 138 cm³/mol. The molecule has 1 aliphatic rings. The predicted octanol–water partition coefficient (Wildman–Crippen LogP) is 5.66. The summed E-state index contributed by atoms with van der Waals surface area (Å²) in [7, 11) is 0. The molecule has 35 heavy (non-hydrogen) atoms. The maximum atomic E-state index is 13.3. The molecular weight excluding hydrogens is 456 g/mol. The molecule has 0 unspecified atom stereocenters. The zero-order valence-electron chi connectivity index (χ0n) is 19.8. The Kier molecular flexibility index (Phi) is 6.66. The standard InChI is InChI=1S/C29H28N2O3S/c1-19-28(35-20(2)30-19)29(33)31-15-16-34-25-14-13-23(17-24(25)18-31)27(32)26(21-9-5-3-6-10-21)22-11-7-4-8-12-22/h3-14,17,26-27,32H,15-16,18H2,1-2H3/t27-/m0/s1. The first-order valence-electron chi connectivity index (χ1n) is 11.8. The third-order valence-electron chi connectivity index (χ3n) is 6.42. The third kappa shape index (κ3) is 4.85. The first kappa shape index (κ1) is 23.3. The van der Waals surface area contributed by atoms with Gasteiger partial charge in [-0.2, -0.15) is 0 Å². The van der Waals surface area contributed by atoms with Crippen LogP contribution >= 0.6 is 11.3 Å². The molecule has 6 heteroatoms. The van der Waals surface area contributed by atoms with Gasteiger partial charge in [0.15, 0.2) is 0 Å². The van der Waals surface area contributed by atoms with Crippen molar-refractivity contribution in [1.29, 1.82) is 0 Å². The van der Waals surface area contributed by atoms with Crippen LogP contribution in [0.1, 0.15) is 54.6 Å². The van der Waals surface area contributed by atoms with Crippen molar-refractivity contribution in [2.45, 2.75) is 32.4 Å². The van der Waals surface area contributed by atoms with Gasteiger partial charge in [0, 0.05) is 18.0 Å². The molecule has 3 aromatic carbocycles. The van der Waals surface area contributed by atoms with Gasteiger partial charge in [0.1, 0.15) is 17.2 Å². The molecule has 0 fully saturated rings. The Morgan fingerprint density at radius 3 is 2.23 bits per heavy atom. The molecule has 178 valence electrons. The summed E-state index contributed by atoms with van der Waals surface area (Å²) in [6.07, 6.45) is -0.760. The van der Waals surface area contributed by atoms with Gasteiger partial charge >= 0.3 is 0 Å². The number of aliphatic hydroxyl groups is 1. The SMILES string of the molecule is Cc1nc(C)c(C(=O)N2CCOc3ccc([C@H](O)C(c4ccccc4)c4ccccc4)cc3C2)s1. The molecule has 0 saturated carbocycles. The van der Waals surface area contributed by atoms with Gasteiger partial charge in [0.2, 0.25) is 0 Å². The van der Waals surface area contributed by atoms with E-state index in [4.69, 9.17) is 4.74 Å². The highest BCUT2D eigenvalue weighted by Crippen LogP contribution is 2.38. The highest BCUT2D eigenvalue weighted by atomic mass is 32.1. The van der Waals surface area contributed by atoms with Crippen LogP contribution in [0.15, 0.2) is 78.9 Å². The van der Waals surface area contributed by atoms with Crippen LogP contribution in [0.5, 0.6) is 5.75 Å². The van der Waals surface area contributed by atoms with Crippen LogP contribution < -0.4 is 4.74 Å². The second-order valence-electron chi connectivity index (χ2n) is 8.83. The number of hydrogen-bond donors (Lipinski definition) is 1. The van der Waals surface area contributed by atoms with Crippen molar-refractivity contribution < 1.29 is 14.6 Å². The Hall–Kier alpha value is -3.48. The molecule has 1 atom stereocenters. The van der Waals surface area contributed by atoms with Crippen molar-refractivity contribution in [3.05, 3.63) is 117 Å². The number of aromatic nitrogens is 1. The molecule has 5 nitrogen and oxygen atoms in total. The van der Waals surface area contributed by atoms with E-state index in [2.05, 4.69) is 4.98 Å². The van der Waals surface area contributed by atoms with Crippen LogP contribution in [0.3, 0.4) is 0 Å². The largest absolute Gasteiger partial charge is 0.491 e. The number of carbonyl (C=O) groups excluding carboxylic acids is 1. The number of rotatable bonds is 5. The number of carbonyl (C=O) groups is 1. The van der Waals surface area contributed by atoms with E-state index < -0.39 is 6.10 Å². The minimum Gasteiger partial charge on any atom is -0.491 e. The van der Waals surface area contributed by atoms with E-state index in [1.165, 1.54) is 11.3 Å². The van der Waals surface area contributed by atoms with Crippen molar-refractivity contribution in [1.82, 2.24) is 9.88 Å². The number of nitrogens with zero attached hydrogens (tertiary/aromatic N) is 2. The van der Waals surface area contributed by atoms with Gasteiger partial charge < -0.3 is 14.7 Å². The Morgan fingerprint density at radius 1 is 0.971 bits per heavy atom. The van der Waals surface area contributed by atoms with Gasteiger partial charge in [-0.15, -0.1) is 11.3 Å². The number of aliphatic hydroxyl groups excluding tert-OH is 1. The second kappa shape index (κ2) is 10.0. The quantitative estimate of drug-likeness (QED) is 0.397. The molecule has 1 amide bonds. The molecule has 0 radical (unpaired) electrons. The van der Waals surface area contributed by atoms with Crippen molar-refractivity contribution >= 4 is 17.2 Å². The summed E-state index contributed by atoms with van der Waals surface area (Å²) in [4.78, 5) is 20.2. The van der Waals surface area contributed by atoms with Crippen molar-refractivity contribution in [3.8, 4) is 5.75 Å². The van der Waals surface area contributed by atoms with Crippen LogP contribution in [0.2, 0.25) is 0 Å². The van der Waals surface area contributed by atoms with Gasteiger partial charge in [-0.1, -0.05) is 66.7 Å². The average Bonchev–Trinajstić information content (AvgIpc) is 3.08. The number of ether oxygens (including phenoxy) is 1. The lowest BCUT2D eigenvalue weighted by atomic mass is 9.83. The van der Waals surface area contributed by atoms with Crippen molar-refractivity contribution in [2.24, 2.45) is 0 Å². The van der Waals surface area contributed by atoms with Crippen LogP contribution in [0.4, 0.5) is 0 Å². The number of thiazole rings is 1. The maximum absolute atomic E-state index is 13.3. The van der Waals surface area contributed by atoms with E-state index in [-0.39, 0.29) is 11.8 Å². The van der Waals surface area contributed by atoms with Crippen molar-refractivity contribution in [2.75, 3.05) is 13.2 Å². The fourth-order valence-corrected chi connectivity index (χ4v) is 5.60. The number of benzene rings is 3. The van der Waals surface area contributed by atoms with E-state index in [0.717, 1.165) is 38.7 Å². The monoisotopic (exact) mass is 484 g/mol. The van der Waals surface area contributed by atoms with E-state index >= 15 is 0 Å². The first-order chi connectivity index (χ1) is 17.0. The molecule has 0 aliphatic carbocycles. The zero-order valence-corrected chi connectivity index (χ0v) is 20.7. The van der Waals surface area contributed by atoms with E-state index in [1.807, 2.05) is 97.6 Å². The fourth-order valence-electron chi connectivity index (χ4n) is 4.72. The maximum Gasteiger partial charge on any atom is 0.266 e. The number of fused-ring (bicyclic) bond motifs is 1. The molecule has 0 saturated heterocycles. The topological polar surface area (TPSA) is 62.7 Å². The first-order valence-corrected chi connectivity index (χ1v) is 12.6. The van der Waals surface area contributed by atoms with Gasteiger partial charge in [-0.05, 0) is 42.7 Å². The molecule has 2 heterocycles. The van der Waals surface area contributed by atoms with Crippen LogP contribution in [0.25, 0.3) is 0 Å². The average molecular weight is 485 g/mol. The highest BCUT2D eigenvalue weighted by Gasteiger charge is 2.28. The number of aryl methyl sites for hydroxylation is 2. The Balaban J connectivity index is 1.47. The van der Waals surface area contributed by atoms with Gasteiger partial charge in [-0.25, -0.2) is 4.98 Å². The zero-order chi connectivity index (χ0) is 24.4. The van der Waals surface area contributed by atoms with Crippen LogP contribution in [0, 0.1) is 13.8 Å². The van der Waals surface area contributed by atoms with E-state index in [1.54, 1.807) is 0 Å². The second-order valence-corrected chi connectivity index (χ2v) is 10.0. The van der Waals surface area contributed by atoms with Crippen LogP contribution in [-0.4, -0.2) is 34.0 Å². The Bertz CT molecular complexity index is 1280. The molecular formula is C29H28N2O3S. The number of amides is 1. The van der Waals surface area contributed by atoms with Crippen LogP contribution in [-0.2, 0) is 6.54 Å². The van der Waals surface area contributed by atoms with E-state index in [0.29, 0.717) is 24.6 Å². The summed E-state index contributed by atoms with van der Waals surface area (Å²) < 4.78 is 5.98. The molecule has 1 aromatic heterocycles. The number of hydrogen-bond acceptors (Lipinski definition) is 5. The molecule has 4 aromatic rings. The highest BCUT2D eigenvalue weighted by molar-refractivity contribution is 7.13. The van der Waals surface area contributed by atoms with E-state index in [9.17, 15) is 9.90 Å². The minimum absolute atomic E-state index is 0.0260. The molecule has 1 aliphatic heterocycles. The van der Waals surface area contributed by atoms with Gasteiger partial charge in [-0.3, -0.25) is 4.79 Å². The lowest BCUT2D eigenvalue weighted by Crippen LogP contribution is -2.32. The van der Waals surface area contributed by atoms with Crippen molar-refractivity contribution in [3.63, 3.8) is 0 Å². The smallest absolute Gasteiger partial charge is 0.266 e. The molecule has 0 bridgehead atoms. The summed E-state index contributed by atoms with van der Waals surface area (Å²) >= 11 is 1.43. The summed E-state index contributed by atoms with van der Waals surface area (Å²) in [6, 6.07) is 26.0. The third-order valence-corrected chi connectivity index (χ3v) is 7.48. The minimum atomic E-state index is -0.760. The molecule has 0 spiro atoms. The lowest BCUT2D eigenvalue weighted by molar-refractivity contribution is 0.0737.